The van der Waals surface area contributed by atoms with Crippen molar-refractivity contribution in [3.05, 3.63) is 27.8 Å². The van der Waals surface area contributed by atoms with Crippen LogP contribution in [0.3, 0.4) is 0 Å². The van der Waals surface area contributed by atoms with Crippen molar-refractivity contribution in [3.63, 3.8) is 0 Å². The van der Waals surface area contributed by atoms with Crippen molar-refractivity contribution >= 4 is 34.3 Å². The summed E-state index contributed by atoms with van der Waals surface area (Å²) in [7, 11) is 0. The van der Waals surface area contributed by atoms with Crippen molar-refractivity contribution in [1.82, 2.24) is 4.90 Å². The molecule has 0 radical (unpaired) electrons. The first-order valence-corrected chi connectivity index (χ1v) is 8.15. The molecule has 1 saturated heterocycles. The molecule has 3 nitrogen and oxygen atoms in total. The van der Waals surface area contributed by atoms with E-state index in [0.717, 1.165) is 28.1 Å². The lowest BCUT2D eigenvalue weighted by Gasteiger charge is -2.37. The van der Waals surface area contributed by atoms with Crippen molar-refractivity contribution in [2.24, 2.45) is 5.92 Å². The molecule has 1 aliphatic heterocycles. The fourth-order valence-electron chi connectivity index (χ4n) is 3.47. The van der Waals surface area contributed by atoms with Crippen molar-refractivity contribution in [2.75, 3.05) is 11.9 Å². The predicted octanol–water partition coefficient (Wildman–Crippen LogP) is 4.09. The number of amides is 2. The number of carbonyl (C=O) groups is 1. The fourth-order valence-corrected chi connectivity index (χ4v) is 4.01. The number of likely N-dealkylation sites (tertiary alicyclic amines) is 1. The Hall–Kier alpha value is -0.780. The Morgan fingerprint density at radius 1 is 1.26 bits per heavy atom. The smallest absolute Gasteiger partial charge is 0.321 e. The van der Waals surface area contributed by atoms with Crippen molar-refractivity contribution < 1.29 is 4.79 Å². The molecule has 0 spiro atoms. The SMILES string of the molecule is O=C(Nc1cccc(I)c1)N1CCC[C@@H]2CCC[C@H]21. The summed E-state index contributed by atoms with van der Waals surface area (Å²) in [4.78, 5) is 14.5. The Morgan fingerprint density at radius 2 is 2.11 bits per heavy atom. The molecule has 0 bridgehead atoms. The van der Waals surface area contributed by atoms with E-state index in [1.807, 2.05) is 24.3 Å². The van der Waals surface area contributed by atoms with E-state index in [-0.39, 0.29) is 6.03 Å². The zero-order chi connectivity index (χ0) is 13.2. The normalized spacial score (nSPS) is 26.1. The zero-order valence-corrected chi connectivity index (χ0v) is 13.1. The van der Waals surface area contributed by atoms with Crippen LogP contribution < -0.4 is 5.32 Å². The molecule has 3 rings (SSSR count). The number of rotatable bonds is 1. The molecule has 4 heteroatoms. The third kappa shape index (κ3) is 2.88. The van der Waals surface area contributed by atoms with Crippen LogP contribution >= 0.6 is 22.6 Å². The first-order valence-electron chi connectivity index (χ1n) is 7.07. The van der Waals surface area contributed by atoms with Crippen LogP contribution in [0.25, 0.3) is 0 Å². The molecule has 2 amide bonds. The number of halogens is 1. The van der Waals surface area contributed by atoms with Gasteiger partial charge in [-0.05, 0) is 72.4 Å². The van der Waals surface area contributed by atoms with Gasteiger partial charge in [-0.1, -0.05) is 12.5 Å². The maximum atomic E-state index is 12.4. The maximum absolute atomic E-state index is 12.4. The van der Waals surface area contributed by atoms with Crippen LogP contribution in [-0.2, 0) is 0 Å². The van der Waals surface area contributed by atoms with Crippen molar-refractivity contribution in [2.45, 2.75) is 38.1 Å². The van der Waals surface area contributed by atoms with E-state index in [4.69, 9.17) is 0 Å². The Morgan fingerprint density at radius 3 is 2.95 bits per heavy atom. The van der Waals surface area contributed by atoms with Crippen LogP contribution in [0.2, 0.25) is 0 Å². The van der Waals surface area contributed by atoms with Gasteiger partial charge in [0.2, 0.25) is 0 Å². The number of hydrogen-bond acceptors (Lipinski definition) is 1. The highest BCUT2D eigenvalue weighted by atomic mass is 127. The van der Waals surface area contributed by atoms with E-state index in [2.05, 4.69) is 32.8 Å². The Labute approximate surface area is 127 Å². The minimum Gasteiger partial charge on any atom is -0.321 e. The molecule has 2 fully saturated rings. The molecule has 0 unspecified atom stereocenters. The average Bonchev–Trinajstić information content (AvgIpc) is 2.86. The molecular weight excluding hydrogens is 351 g/mol. The molecule has 1 aromatic rings. The fraction of sp³-hybridized carbons (Fsp3) is 0.533. The number of fused-ring (bicyclic) bond motifs is 1. The molecule has 2 atom stereocenters. The Balaban J connectivity index is 1.69. The third-order valence-corrected chi connectivity index (χ3v) is 5.00. The Kier molecular flexibility index (Phi) is 3.96. The van der Waals surface area contributed by atoms with E-state index in [1.165, 1.54) is 25.7 Å². The van der Waals surface area contributed by atoms with Gasteiger partial charge in [0.1, 0.15) is 0 Å². The van der Waals surface area contributed by atoms with Gasteiger partial charge in [0.15, 0.2) is 0 Å². The van der Waals surface area contributed by atoms with Gasteiger partial charge in [-0.3, -0.25) is 0 Å². The topological polar surface area (TPSA) is 32.3 Å². The summed E-state index contributed by atoms with van der Waals surface area (Å²) in [5.74, 6) is 0.746. The van der Waals surface area contributed by atoms with Gasteiger partial charge in [0.05, 0.1) is 0 Å². The molecule has 1 aromatic carbocycles. The molecule has 1 N–H and O–H groups in total. The van der Waals surface area contributed by atoms with Crippen molar-refractivity contribution in [1.29, 1.82) is 0 Å². The standard InChI is InChI=1S/C15H19IN2O/c16-12-6-2-7-13(10-12)17-15(19)18-9-3-5-11-4-1-8-14(11)18/h2,6-7,10-11,14H,1,3-5,8-9H2,(H,17,19)/t11-,14+/m0/s1. The summed E-state index contributed by atoms with van der Waals surface area (Å²) in [5, 5.41) is 3.05. The summed E-state index contributed by atoms with van der Waals surface area (Å²) in [6.07, 6.45) is 6.23. The number of nitrogens with zero attached hydrogens (tertiary/aromatic N) is 1. The first-order chi connectivity index (χ1) is 9.24. The lowest BCUT2D eigenvalue weighted by Crippen LogP contribution is -2.48. The first kappa shape index (κ1) is 13.2. The molecule has 2 aliphatic rings. The zero-order valence-electron chi connectivity index (χ0n) is 10.9. The molecule has 0 aromatic heterocycles. The molecule has 1 aliphatic carbocycles. The Bertz CT molecular complexity index is 477. The summed E-state index contributed by atoms with van der Waals surface area (Å²) < 4.78 is 1.15. The van der Waals surface area contributed by atoms with Crippen LogP contribution in [0.1, 0.15) is 32.1 Å². The predicted molar refractivity (Wildman–Crippen MR) is 85.2 cm³/mol. The van der Waals surface area contributed by atoms with Gasteiger partial charge in [0, 0.05) is 21.8 Å². The number of carbonyl (C=O) groups excluding carboxylic acids is 1. The average molecular weight is 370 g/mol. The second kappa shape index (κ2) is 5.69. The van der Waals surface area contributed by atoms with Crippen LogP contribution in [-0.4, -0.2) is 23.5 Å². The summed E-state index contributed by atoms with van der Waals surface area (Å²) in [6, 6.07) is 8.54. The number of hydrogen-bond donors (Lipinski definition) is 1. The molecule has 102 valence electrons. The lowest BCUT2D eigenvalue weighted by molar-refractivity contribution is 0.138. The number of anilines is 1. The number of piperidine rings is 1. The highest BCUT2D eigenvalue weighted by Gasteiger charge is 2.37. The highest BCUT2D eigenvalue weighted by molar-refractivity contribution is 14.1. The minimum absolute atomic E-state index is 0.0820. The van der Waals surface area contributed by atoms with Gasteiger partial charge in [-0.2, -0.15) is 0 Å². The minimum atomic E-state index is 0.0820. The largest absolute Gasteiger partial charge is 0.322 e. The van der Waals surface area contributed by atoms with E-state index >= 15 is 0 Å². The van der Waals surface area contributed by atoms with Gasteiger partial charge in [-0.15, -0.1) is 0 Å². The highest BCUT2D eigenvalue weighted by Crippen LogP contribution is 2.36. The summed E-state index contributed by atoms with van der Waals surface area (Å²) >= 11 is 2.27. The molecular formula is C15H19IN2O. The van der Waals surface area contributed by atoms with Crippen LogP contribution in [0.4, 0.5) is 10.5 Å². The van der Waals surface area contributed by atoms with Crippen LogP contribution in [0.5, 0.6) is 0 Å². The van der Waals surface area contributed by atoms with Crippen molar-refractivity contribution in [3.8, 4) is 0 Å². The van der Waals surface area contributed by atoms with E-state index in [0.29, 0.717) is 6.04 Å². The van der Waals surface area contributed by atoms with E-state index < -0.39 is 0 Å². The lowest BCUT2D eigenvalue weighted by atomic mass is 9.92. The van der Waals surface area contributed by atoms with E-state index in [9.17, 15) is 4.79 Å². The summed E-state index contributed by atoms with van der Waals surface area (Å²) in [6.45, 7) is 0.914. The van der Waals surface area contributed by atoms with Crippen LogP contribution in [0.15, 0.2) is 24.3 Å². The molecule has 19 heavy (non-hydrogen) atoms. The van der Waals surface area contributed by atoms with Gasteiger partial charge in [-0.25, -0.2) is 4.79 Å². The van der Waals surface area contributed by atoms with Gasteiger partial charge < -0.3 is 10.2 Å². The quantitative estimate of drug-likeness (QED) is 0.743. The van der Waals surface area contributed by atoms with Gasteiger partial charge in [0.25, 0.3) is 0 Å². The van der Waals surface area contributed by atoms with Crippen LogP contribution in [0, 0.1) is 9.49 Å². The molecule has 1 saturated carbocycles. The monoisotopic (exact) mass is 370 g/mol. The number of benzene rings is 1. The second-order valence-corrected chi connectivity index (χ2v) is 6.78. The summed E-state index contributed by atoms with van der Waals surface area (Å²) in [5.41, 5.74) is 0.900. The maximum Gasteiger partial charge on any atom is 0.322 e. The van der Waals surface area contributed by atoms with Gasteiger partial charge >= 0.3 is 6.03 Å². The second-order valence-electron chi connectivity index (χ2n) is 5.53. The van der Waals surface area contributed by atoms with E-state index in [1.54, 1.807) is 0 Å². The third-order valence-electron chi connectivity index (χ3n) is 4.33. The number of nitrogens with one attached hydrogen (secondary N) is 1. The molecule has 1 heterocycles. The number of urea groups is 1.